The van der Waals surface area contributed by atoms with Gasteiger partial charge in [0.15, 0.2) is 17.4 Å². The maximum absolute atomic E-state index is 14.1. The molecule has 0 saturated heterocycles. The molecule has 5 aromatic rings. The fourth-order valence-corrected chi connectivity index (χ4v) is 4.92. The molecule has 192 valence electrons. The number of amides is 1. The number of carbonyl (C=O) groups is 1. The average Bonchev–Trinajstić information content (AvgIpc) is 3.66. The van der Waals surface area contributed by atoms with Crippen molar-refractivity contribution in [2.45, 2.75) is 26.4 Å². The van der Waals surface area contributed by atoms with Crippen LogP contribution in [0, 0.1) is 5.82 Å². The van der Waals surface area contributed by atoms with Crippen molar-refractivity contribution >= 4 is 28.3 Å². The van der Waals surface area contributed by atoms with Gasteiger partial charge in [-0.1, -0.05) is 25.1 Å². The molecule has 1 aliphatic heterocycles. The maximum atomic E-state index is 14.1. The number of fused-ring (bicyclic) bond motifs is 2. The van der Waals surface area contributed by atoms with E-state index >= 15 is 0 Å². The zero-order valence-electron chi connectivity index (χ0n) is 20.9. The number of hydrazine groups is 1. The Hall–Kier alpha value is -4.86. The van der Waals surface area contributed by atoms with E-state index in [4.69, 9.17) is 0 Å². The van der Waals surface area contributed by atoms with Gasteiger partial charge in [0, 0.05) is 30.7 Å². The number of aromatic hydroxyl groups is 1. The summed E-state index contributed by atoms with van der Waals surface area (Å²) >= 11 is 0. The second-order valence-corrected chi connectivity index (χ2v) is 9.35. The number of aromatic nitrogens is 4. The first-order valence-corrected chi connectivity index (χ1v) is 12.3. The van der Waals surface area contributed by atoms with E-state index in [1.807, 2.05) is 48.3 Å². The number of phenolic OH excluding ortho intramolecular Hbond substituents is 1. The normalized spacial score (nSPS) is 12.6. The van der Waals surface area contributed by atoms with E-state index in [2.05, 4.69) is 26.0 Å². The quantitative estimate of drug-likeness (QED) is 0.264. The molecule has 1 amide bonds. The number of halogens is 1. The largest absolute Gasteiger partial charge is 0.505 e. The van der Waals surface area contributed by atoms with E-state index in [1.54, 1.807) is 24.1 Å². The zero-order chi connectivity index (χ0) is 26.4. The first-order chi connectivity index (χ1) is 18.4. The average molecular weight is 512 g/mol. The fourth-order valence-electron chi connectivity index (χ4n) is 4.92. The van der Waals surface area contributed by atoms with Crippen LogP contribution < -0.4 is 15.8 Å². The van der Waals surface area contributed by atoms with Gasteiger partial charge in [0.1, 0.15) is 0 Å². The molecule has 0 saturated carbocycles. The van der Waals surface area contributed by atoms with Crippen LogP contribution in [0.4, 0.5) is 15.9 Å². The van der Waals surface area contributed by atoms with Crippen molar-refractivity contribution in [2.24, 2.45) is 7.05 Å². The Morgan fingerprint density at radius 3 is 2.84 bits per heavy atom. The number of nitrogens with one attached hydrogen (secondary N) is 3. The van der Waals surface area contributed by atoms with Crippen molar-refractivity contribution in [3.8, 4) is 16.9 Å². The van der Waals surface area contributed by atoms with E-state index in [1.165, 1.54) is 12.1 Å². The van der Waals surface area contributed by atoms with E-state index in [9.17, 15) is 14.3 Å². The van der Waals surface area contributed by atoms with Gasteiger partial charge >= 0.3 is 0 Å². The molecule has 0 aliphatic carbocycles. The number of phenols is 1. The Labute approximate surface area is 217 Å². The van der Waals surface area contributed by atoms with Crippen molar-refractivity contribution in [3.63, 3.8) is 0 Å². The van der Waals surface area contributed by atoms with Gasteiger partial charge in [-0.05, 0) is 59.0 Å². The fraction of sp³-hybridized carbons (Fsp3) is 0.179. The van der Waals surface area contributed by atoms with E-state index in [0.29, 0.717) is 25.1 Å². The molecule has 0 fully saturated rings. The van der Waals surface area contributed by atoms with Crippen LogP contribution in [0.5, 0.6) is 5.75 Å². The first kappa shape index (κ1) is 23.5. The molecule has 3 heterocycles. The summed E-state index contributed by atoms with van der Waals surface area (Å²) in [5.74, 6) is -0.423. The van der Waals surface area contributed by atoms with Gasteiger partial charge in [-0.25, -0.2) is 4.39 Å². The van der Waals surface area contributed by atoms with Crippen LogP contribution in [-0.2, 0) is 26.6 Å². The molecule has 9 nitrogen and oxygen atoms in total. The van der Waals surface area contributed by atoms with Crippen LogP contribution in [0.25, 0.3) is 22.0 Å². The van der Waals surface area contributed by atoms with Gasteiger partial charge < -0.3 is 10.4 Å². The number of benzene rings is 3. The molecule has 0 atom stereocenters. The summed E-state index contributed by atoms with van der Waals surface area (Å²) < 4.78 is 15.7. The lowest BCUT2D eigenvalue weighted by atomic mass is 9.96. The summed E-state index contributed by atoms with van der Waals surface area (Å²) in [7, 11) is 1.77. The molecule has 38 heavy (non-hydrogen) atoms. The minimum atomic E-state index is -0.644. The minimum absolute atomic E-state index is 0.174. The Bertz CT molecular complexity index is 1690. The highest BCUT2D eigenvalue weighted by Crippen LogP contribution is 2.36. The van der Waals surface area contributed by atoms with E-state index < -0.39 is 5.82 Å². The van der Waals surface area contributed by atoms with Crippen LogP contribution in [-0.4, -0.2) is 31.0 Å². The summed E-state index contributed by atoms with van der Waals surface area (Å²) in [4.78, 5) is 12.5. The zero-order valence-corrected chi connectivity index (χ0v) is 20.9. The summed E-state index contributed by atoms with van der Waals surface area (Å²) in [6.07, 6.45) is 3.89. The molecular formula is C28H26FN7O2. The molecule has 6 rings (SSSR count). The number of carbonyl (C=O) groups excluding carboxylic acids is 1. The number of hydrogen-bond acceptors (Lipinski definition) is 6. The number of aryl methyl sites for hydroxylation is 2. The molecule has 0 radical (unpaired) electrons. The maximum Gasteiger partial charge on any atom is 0.254 e. The third-order valence-corrected chi connectivity index (χ3v) is 6.91. The topological polar surface area (TPSA) is 111 Å². The van der Waals surface area contributed by atoms with Crippen molar-refractivity contribution < 1.29 is 14.3 Å². The Kier molecular flexibility index (Phi) is 5.71. The summed E-state index contributed by atoms with van der Waals surface area (Å²) in [6.45, 7) is 2.93. The first-order valence-electron chi connectivity index (χ1n) is 12.3. The van der Waals surface area contributed by atoms with E-state index in [-0.39, 0.29) is 11.7 Å². The molecular weight excluding hydrogens is 485 g/mol. The van der Waals surface area contributed by atoms with Crippen molar-refractivity contribution in [1.82, 2.24) is 25.3 Å². The van der Waals surface area contributed by atoms with Gasteiger partial charge in [0.2, 0.25) is 0 Å². The van der Waals surface area contributed by atoms with Crippen LogP contribution in [0.3, 0.4) is 0 Å². The number of rotatable bonds is 6. The Morgan fingerprint density at radius 1 is 1.18 bits per heavy atom. The van der Waals surface area contributed by atoms with Crippen LogP contribution in [0.1, 0.15) is 34.0 Å². The highest BCUT2D eigenvalue weighted by Gasteiger charge is 2.25. The third kappa shape index (κ3) is 4.09. The number of aromatic amines is 1. The van der Waals surface area contributed by atoms with Crippen molar-refractivity contribution in [1.29, 1.82) is 0 Å². The lowest BCUT2D eigenvalue weighted by Crippen LogP contribution is -2.24. The molecule has 4 N–H and O–H groups in total. The lowest BCUT2D eigenvalue weighted by Gasteiger charge is -2.16. The van der Waals surface area contributed by atoms with Crippen LogP contribution in [0.2, 0.25) is 0 Å². The molecule has 10 heteroatoms. The predicted octanol–water partition coefficient (Wildman–Crippen LogP) is 4.65. The van der Waals surface area contributed by atoms with Crippen LogP contribution >= 0.6 is 0 Å². The highest BCUT2D eigenvalue weighted by atomic mass is 19.1. The molecule has 0 bridgehead atoms. The summed E-state index contributed by atoms with van der Waals surface area (Å²) in [5, 5.41) is 27.3. The lowest BCUT2D eigenvalue weighted by molar-refractivity contribution is 0.0950. The molecule has 0 spiro atoms. The molecule has 3 aromatic carbocycles. The number of anilines is 2. The molecule has 1 aliphatic rings. The predicted molar refractivity (Wildman–Crippen MR) is 143 cm³/mol. The molecule has 0 unspecified atom stereocenters. The molecule has 2 aromatic heterocycles. The summed E-state index contributed by atoms with van der Waals surface area (Å²) in [6, 6.07) is 14.7. The standard InChI is InChI=1S/C28H26FN7O2/c1-3-16-10-26(37)23(29)11-21(16)17-7-8-20-25(9-17)32-33-27(20)36-15-22-18(5-4-6-24(22)34-36)12-30-28(38)19-13-31-35(2)14-19/h4-11,13-14,34,37H,3,12,15H2,1-2H3,(H,30,38)(H,32,33). The minimum Gasteiger partial charge on any atom is -0.505 e. The van der Waals surface area contributed by atoms with Gasteiger partial charge in [-0.2, -0.15) is 10.2 Å². The van der Waals surface area contributed by atoms with Crippen molar-refractivity contribution in [3.05, 3.63) is 89.0 Å². The van der Waals surface area contributed by atoms with E-state index in [0.717, 1.165) is 50.2 Å². The van der Waals surface area contributed by atoms with Gasteiger partial charge in [-0.15, -0.1) is 0 Å². The smallest absolute Gasteiger partial charge is 0.254 e. The second kappa shape index (κ2) is 9.22. The second-order valence-electron chi connectivity index (χ2n) is 9.35. The van der Waals surface area contributed by atoms with Gasteiger partial charge in [0.05, 0.1) is 29.5 Å². The number of hydrogen-bond donors (Lipinski definition) is 4. The monoisotopic (exact) mass is 511 g/mol. The van der Waals surface area contributed by atoms with Crippen molar-refractivity contribution in [2.75, 3.05) is 10.4 Å². The SMILES string of the molecule is CCc1cc(O)c(F)cc1-c1ccc2c(N3Cc4c(CNC(=O)c5cnn(C)c5)cccc4N3)n[nH]c2c1. The van der Waals surface area contributed by atoms with Gasteiger partial charge in [-0.3, -0.25) is 25.0 Å². The highest BCUT2D eigenvalue weighted by molar-refractivity contribution is 5.95. The van der Waals surface area contributed by atoms with Gasteiger partial charge in [0.25, 0.3) is 5.91 Å². The Morgan fingerprint density at radius 2 is 2.05 bits per heavy atom. The third-order valence-electron chi connectivity index (χ3n) is 6.91. The number of nitrogens with zero attached hydrogens (tertiary/aromatic N) is 4. The summed E-state index contributed by atoms with van der Waals surface area (Å²) in [5.41, 5.74) is 10.2. The number of H-pyrrole nitrogens is 1. The van der Waals surface area contributed by atoms with Crippen LogP contribution in [0.15, 0.2) is 60.9 Å². The Balaban J connectivity index is 1.24.